The summed E-state index contributed by atoms with van der Waals surface area (Å²) >= 11 is 0. The second-order valence-electron chi connectivity index (χ2n) is 5.36. The van der Waals surface area contributed by atoms with E-state index in [0.717, 1.165) is 22.9 Å². The van der Waals surface area contributed by atoms with Gasteiger partial charge in [0.05, 0.1) is 17.4 Å². The van der Waals surface area contributed by atoms with Gasteiger partial charge in [-0.25, -0.2) is 4.68 Å². The predicted molar refractivity (Wildman–Crippen MR) is 80.0 cm³/mol. The van der Waals surface area contributed by atoms with Gasteiger partial charge in [-0.15, -0.1) is 10.2 Å². The Hall–Kier alpha value is -2.63. The molecule has 0 spiro atoms. The molecule has 3 aromatic rings. The van der Waals surface area contributed by atoms with E-state index in [4.69, 9.17) is 5.73 Å². The summed E-state index contributed by atoms with van der Waals surface area (Å²) < 4.78 is 3.90. The van der Waals surface area contributed by atoms with Crippen molar-refractivity contribution in [3.8, 4) is 17.1 Å². The monoisotopic (exact) mass is 280 g/mol. The van der Waals surface area contributed by atoms with Gasteiger partial charge in [0, 0.05) is 6.04 Å². The minimum Gasteiger partial charge on any atom is -0.383 e. The molecule has 1 aliphatic rings. The van der Waals surface area contributed by atoms with Crippen LogP contribution >= 0.6 is 0 Å². The molecule has 2 aromatic heterocycles. The van der Waals surface area contributed by atoms with Crippen molar-refractivity contribution in [1.82, 2.24) is 24.5 Å². The topological polar surface area (TPSA) is 74.6 Å². The van der Waals surface area contributed by atoms with Gasteiger partial charge in [-0.1, -0.05) is 18.2 Å². The molecule has 6 heteroatoms. The highest BCUT2D eigenvalue weighted by Gasteiger charge is 2.30. The maximum Gasteiger partial charge on any atom is 0.169 e. The number of hydrogen-bond acceptors (Lipinski definition) is 4. The van der Waals surface area contributed by atoms with Crippen molar-refractivity contribution >= 4 is 5.82 Å². The van der Waals surface area contributed by atoms with Gasteiger partial charge >= 0.3 is 0 Å². The summed E-state index contributed by atoms with van der Waals surface area (Å²) in [5.74, 6) is 2.34. The SMILES string of the molecule is Cc1nnc(-c2cnn(-c3ccccc3)c2N)n1C1CC1. The van der Waals surface area contributed by atoms with Gasteiger partial charge in [0.1, 0.15) is 11.6 Å². The van der Waals surface area contributed by atoms with Gasteiger partial charge in [-0.3, -0.25) is 0 Å². The third kappa shape index (κ3) is 1.91. The number of nitrogen functional groups attached to an aromatic ring is 1. The normalized spacial score (nSPS) is 14.5. The number of benzene rings is 1. The maximum atomic E-state index is 6.29. The smallest absolute Gasteiger partial charge is 0.169 e. The molecule has 0 aliphatic heterocycles. The summed E-state index contributed by atoms with van der Waals surface area (Å²) in [5, 5.41) is 12.9. The first-order valence-corrected chi connectivity index (χ1v) is 7.06. The Morgan fingerprint density at radius 1 is 1.14 bits per heavy atom. The van der Waals surface area contributed by atoms with E-state index in [1.165, 1.54) is 12.8 Å². The number of aryl methyl sites for hydroxylation is 1. The molecule has 2 heterocycles. The van der Waals surface area contributed by atoms with Crippen LogP contribution in [0.1, 0.15) is 24.7 Å². The molecule has 1 aromatic carbocycles. The van der Waals surface area contributed by atoms with Crippen LogP contribution in [0.25, 0.3) is 17.1 Å². The molecule has 1 saturated carbocycles. The van der Waals surface area contributed by atoms with Crippen LogP contribution in [0.15, 0.2) is 36.5 Å². The van der Waals surface area contributed by atoms with E-state index < -0.39 is 0 Å². The molecule has 0 radical (unpaired) electrons. The molecule has 6 nitrogen and oxygen atoms in total. The zero-order valence-electron chi connectivity index (χ0n) is 11.8. The molecule has 106 valence electrons. The number of anilines is 1. The lowest BCUT2D eigenvalue weighted by atomic mass is 10.3. The van der Waals surface area contributed by atoms with E-state index >= 15 is 0 Å². The van der Waals surface area contributed by atoms with Crippen molar-refractivity contribution in [3.05, 3.63) is 42.4 Å². The van der Waals surface area contributed by atoms with E-state index in [1.54, 1.807) is 10.9 Å². The fourth-order valence-electron chi connectivity index (χ4n) is 2.63. The Bertz CT molecular complexity index is 782. The third-order valence-corrected chi connectivity index (χ3v) is 3.83. The number of rotatable bonds is 3. The summed E-state index contributed by atoms with van der Waals surface area (Å²) in [6, 6.07) is 10.4. The molecular formula is C15H16N6. The lowest BCUT2D eigenvalue weighted by Crippen LogP contribution is -2.04. The van der Waals surface area contributed by atoms with E-state index in [1.807, 2.05) is 37.3 Å². The minimum absolute atomic E-state index is 0.509. The van der Waals surface area contributed by atoms with Gasteiger partial charge < -0.3 is 10.3 Å². The first-order chi connectivity index (χ1) is 10.3. The number of para-hydroxylation sites is 1. The van der Waals surface area contributed by atoms with Crippen molar-refractivity contribution in [2.24, 2.45) is 0 Å². The van der Waals surface area contributed by atoms with E-state index in [9.17, 15) is 0 Å². The highest BCUT2D eigenvalue weighted by atomic mass is 15.3. The Kier molecular flexibility index (Phi) is 2.57. The quantitative estimate of drug-likeness (QED) is 0.799. The highest BCUT2D eigenvalue weighted by molar-refractivity contribution is 5.70. The molecule has 0 amide bonds. The van der Waals surface area contributed by atoms with Crippen molar-refractivity contribution in [1.29, 1.82) is 0 Å². The van der Waals surface area contributed by atoms with Gasteiger partial charge in [0.15, 0.2) is 5.82 Å². The molecule has 0 bridgehead atoms. The van der Waals surface area contributed by atoms with Crippen LogP contribution in [-0.4, -0.2) is 24.5 Å². The van der Waals surface area contributed by atoms with Crippen molar-refractivity contribution in [2.45, 2.75) is 25.8 Å². The molecule has 1 fully saturated rings. The molecular weight excluding hydrogens is 264 g/mol. The zero-order valence-corrected chi connectivity index (χ0v) is 11.8. The molecule has 1 aliphatic carbocycles. The summed E-state index contributed by atoms with van der Waals surface area (Å²) in [6.07, 6.45) is 4.13. The second-order valence-corrected chi connectivity index (χ2v) is 5.36. The fraction of sp³-hybridized carbons (Fsp3) is 0.267. The largest absolute Gasteiger partial charge is 0.383 e. The minimum atomic E-state index is 0.509. The number of aromatic nitrogens is 5. The van der Waals surface area contributed by atoms with Crippen LogP contribution in [0.3, 0.4) is 0 Å². The maximum absolute atomic E-state index is 6.29. The van der Waals surface area contributed by atoms with E-state index in [-0.39, 0.29) is 0 Å². The summed E-state index contributed by atoms with van der Waals surface area (Å²) in [6.45, 7) is 1.98. The Labute approximate surface area is 122 Å². The van der Waals surface area contributed by atoms with E-state index in [0.29, 0.717) is 11.9 Å². The average molecular weight is 280 g/mol. The second kappa shape index (κ2) is 4.44. The lowest BCUT2D eigenvalue weighted by Gasteiger charge is -2.07. The van der Waals surface area contributed by atoms with Crippen molar-refractivity contribution < 1.29 is 0 Å². The molecule has 0 unspecified atom stereocenters. The first kappa shape index (κ1) is 12.1. The van der Waals surface area contributed by atoms with Gasteiger partial charge in [0.25, 0.3) is 0 Å². The number of hydrogen-bond donors (Lipinski definition) is 1. The van der Waals surface area contributed by atoms with Crippen LogP contribution in [-0.2, 0) is 0 Å². The van der Waals surface area contributed by atoms with Gasteiger partial charge in [0.2, 0.25) is 0 Å². The Morgan fingerprint density at radius 3 is 2.62 bits per heavy atom. The average Bonchev–Trinajstić information content (AvgIpc) is 3.17. The number of nitrogens with two attached hydrogens (primary N) is 1. The third-order valence-electron chi connectivity index (χ3n) is 3.83. The fourth-order valence-corrected chi connectivity index (χ4v) is 2.63. The van der Waals surface area contributed by atoms with Crippen LogP contribution in [0, 0.1) is 6.92 Å². The zero-order chi connectivity index (χ0) is 14.4. The molecule has 21 heavy (non-hydrogen) atoms. The summed E-state index contributed by atoms with van der Waals surface area (Å²) in [4.78, 5) is 0. The van der Waals surface area contributed by atoms with E-state index in [2.05, 4.69) is 19.9 Å². The summed E-state index contributed by atoms with van der Waals surface area (Å²) in [5.41, 5.74) is 8.06. The van der Waals surface area contributed by atoms with Crippen LogP contribution in [0.5, 0.6) is 0 Å². The van der Waals surface area contributed by atoms with Crippen LogP contribution in [0.2, 0.25) is 0 Å². The molecule has 0 saturated heterocycles. The Morgan fingerprint density at radius 2 is 1.90 bits per heavy atom. The highest BCUT2D eigenvalue weighted by Crippen LogP contribution is 2.39. The molecule has 0 atom stereocenters. The van der Waals surface area contributed by atoms with Crippen molar-refractivity contribution in [3.63, 3.8) is 0 Å². The van der Waals surface area contributed by atoms with Gasteiger partial charge in [-0.2, -0.15) is 5.10 Å². The Balaban J connectivity index is 1.83. The standard InChI is InChI=1S/C15H16N6/c1-10-18-19-15(20(10)11-7-8-11)13-9-17-21(14(13)16)12-5-3-2-4-6-12/h2-6,9,11H,7-8,16H2,1H3. The molecule has 2 N–H and O–H groups in total. The predicted octanol–water partition coefficient (Wildman–Crippen LogP) is 2.36. The van der Waals surface area contributed by atoms with Crippen LogP contribution < -0.4 is 5.73 Å². The number of nitrogens with zero attached hydrogens (tertiary/aromatic N) is 5. The van der Waals surface area contributed by atoms with Crippen molar-refractivity contribution in [2.75, 3.05) is 5.73 Å². The molecule has 4 rings (SSSR count). The lowest BCUT2D eigenvalue weighted by molar-refractivity contribution is 0.717. The van der Waals surface area contributed by atoms with Gasteiger partial charge in [-0.05, 0) is 31.9 Å². The first-order valence-electron chi connectivity index (χ1n) is 7.06. The van der Waals surface area contributed by atoms with Crippen LogP contribution in [0.4, 0.5) is 5.82 Å². The summed E-state index contributed by atoms with van der Waals surface area (Å²) in [7, 11) is 0.